The number of carbonyl (C=O) groups excluding carboxylic acids is 1. The maximum Gasteiger partial charge on any atom is 0.252 e. The number of anilines is 1. The molecule has 25 heavy (non-hydrogen) atoms. The summed E-state index contributed by atoms with van der Waals surface area (Å²) in [4.78, 5) is 27.1. The van der Waals surface area contributed by atoms with Crippen LogP contribution in [0, 0.1) is 0 Å². The van der Waals surface area contributed by atoms with E-state index < -0.39 is 0 Å². The summed E-state index contributed by atoms with van der Waals surface area (Å²) >= 11 is 1.49. The molecular formula is C15H17N7O2S. The average molecular weight is 359 g/mol. The molecule has 0 bridgehead atoms. The van der Waals surface area contributed by atoms with E-state index in [0.29, 0.717) is 17.5 Å². The molecule has 0 spiro atoms. The lowest BCUT2D eigenvalue weighted by molar-refractivity contribution is -0.114. The monoisotopic (exact) mass is 359 g/mol. The van der Waals surface area contributed by atoms with Crippen molar-refractivity contribution in [1.29, 1.82) is 0 Å². The van der Waals surface area contributed by atoms with Gasteiger partial charge in [-0.05, 0) is 6.07 Å². The molecule has 130 valence electrons. The molecule has 1 fully saturated rings. The van der Waals surface area contributed by atoms with Crippen LogP contribution in [0.2, 0.25) is 0 Å². The quantitative estimate of drug-likeness (QED) is 0.745. The molecule has 1 N–H and O–H groups in total. The lowest BCUT2D eigenvalue weighted by Crippen LogP contribution is -2.38. The third-order valence-corrected chi connectivity index (χ3v) is 4.80. The molecule has 1 aliphatic heterocycles. The summed E-state index contributed by atoms with van der Waals surface area (Å²) in [7, 11) is 0. The van der Waals surface area contributed by atoms with Crippen LogP contribution in [0.4, 0.5) is 5.13 Å². The summed E-state index contributed by atoms with van der Waals surface area (Å²) in [5, 5.41) is 7.57. The lowest BCUT2D eigenvalue weighted by Gasteiger charge is -2.32. The number of thiazole rings is 1. The Morgan fingerprint density at radius 1 is 1.44 bits per heavy atom. The molecule has 0 saturated carbocycles. The number of carbonyl (C=O) groups is 1. The van der Waals surface area contributed by atoms with E-state index in [4.69, 9.17) is 4.74 Å². The van der Waals surface area contributed by atoms with Gasteiger partial charge in [0, 0.05) is 43.8 Å². The smallest absolute Gasteiger partial charge is 0.252 e. The van der Waals surface area contributed by atoms with Gasteiger partial charge in [0.05, 0.1) is 12.3 Å². The highest BCUT2D eigenvalue weighted by atomic mass is 32.1. The summed E-state index contributed by atoms with van der Waals surface area (Å²) in [5.74, 6) is 0.461. The normalized spacial score (nSPS) is 18.5. The second-order valence-electron chi connectivity index (χ2n) is 5.75. The predicted octanol–water partition coefficient (Wildman–Crippen LogP) is 1.11. The number of fused-ring (bicyclic) bond motifs is 1. The maximum absolute atomic E-state index is 11.1. The molecule has 0 aliphatic carbocycles. The number of nitrogens with zero attached hydrogens (tertiary/aromatic N) is 6. The zero-order valence-electron chi connectivity index (χ0n) is 13.6. The minimum atomic E-state index is -0.109. The highest BCUT2D eigenvalue weighted by Gasteiger charge is 2.25. The Morgan fingerprint density at radius 2 is 2.36 bits per heavy atom. The zero-order valence-corrected chi connectivity index (χ0v) is 14.4. The molecule has 3 aromatic rings. The molecule has 1 aliphatic rings. The fourth-order valence-corrected chi connectivity index (χ4v) is 3.74. The summed E-state index contributed by atoms with van der Waals surface area (Å²) in [5.41, 5.74) is 0.940. The van der Waals surface area contributed by atoms with Crippen LogP contribution < -0.4 is 5.32 Å². The van der Waals surface area contributed by atoms with Crippen molar-refractivity contribution in [1.82, 2.24) is 29.5 Å². The topological polar surface area (TPSA) is 97.5 Å². The van der Waals surface area contributed by atoms with Gasteiger partial charge in [-0.1, -0.05) is 0 Å². The van der Waals surface area contributed by atoms with Gasteiger partial charge >= 0.3 is 0 Å². The zero-order chi connectivity index (χ0) is 17.2. The second-order valence-corrected chi connectivity index (χ2v) is 6.86. The number of nitrogens with one attached hydrogen (secondary N) is 1. The van der Waals surface area contributed by atoms with Crippen molar-refractivity contribution in [3.8, 4) is 0 Å². The van der Waals surface area contributed by atoms with Gasteiger partial charge in [-0.25, -0.2) is 9.97 Å². The number of morpholine rings is 1. The largest absolute Gasteiger partial charge is 0.369 e. The molecule has 1 amide bonds. The van der Waals surface area contributed by atoms with Crippen molar-refractivity contribution in [2.24, 2.45) is 0 Å². The molecule has 0 radical (unpaired) electrons. The SMILES string of the molecule is CC(=O)Nc1ncc(CN2CCOC(c3ccnc4ncnn34)C2)s1. The molecule has 1 unspecified atom stereocenters. The molecule has 4 rings (SSSR count). The minimum absolute atomic E-state index is 0.0938. The van der Waals surface area contributed by atoms with E-state index >= 15 is 0 Å². The van der Waals surface area contributed by atoms with Gasteiger partial charge in [0.15, 0.2) is 5.13 Å². The maximum atomic E-state index is 11.1. The Kier molecular flexibility index (Phi) is 4.38. The molecule has 3 aromatic heterocycles. The first kappa shape index (κ1) is 16.1. The molecule has 9 nitrogen and oxygen atoms in total. The van der Waals surface area contributed by atoms with E-state index in [-0.39, 0.29) is 12.0 Å². The van der Waals surface area contributed by atoms with Gasteiger partial charge in [0.1, 0.15) is 12.4 Å². The number of aromatic nitrogens is 5. The van der Waals surface area contributed by atoms with Crippen LogP contribution in [0.5, 0.6) is 0 Å². The van der Waals surface area contributed by atoms with Crippen LogP contribution in [-0.2, 0) is 16.1 Å². The van der Waals surface area contributed by atoms with E-state index in [2.05, 4.69) is 30.3 Å². The Bertz CT molecular complexity index is 893. The molecule has 1 atom stereocenters. The van der Waals surface area contributed by atoms with Gasteiger partial charge < -0.3 is 10.1 Å². The summed E-state index contributed by atoms with van der Waals surface area (Å²) in [6.07, 6.45) is 4.93. The Morgan fingerprint density at radius 3 is 3.24 bits per heavy atom. The van der Waals surface area contributed by atoms with Crippen molar-refractivity contribution in [3.63, 3.8) is 0 Å². The minimum Gasteiger partial charge on any atom is -0.369 e. The third-order valence-electron chi connectivity index (χ3n) is 3.91. The van der Waals surface area contributed by atoms with Crippen LogP contribution in [0.15, 0.2) is 24.8 Å². The van der Waals surface area contributed by atoms with Crippen LogP contribution >= 0.6 is 11.3 Å². The van der Waals surface area contributed by atoms with Crippen molar-refractivity contribution in [3.05, 3.63) is 35.4 Å². The average Bonchev–Trinajstić information content (AvgIpc) is 3.23. The number of hydrogen-bond acceptors (Lipinski definition) is 8. The fourth-order valence-electron chi connectivity index (χ4n) is 2.83. The molecular weight excluding hydrogens is 342 g/mol. The van der Waals surface area contributed by atoms with Gasteiger partial charge in [-0.3, -0.25) is 9.69 Å². The number of ether oxygens (including phenoxy) is 1. The summed E-state index contributed by atoms with van der Waals surface area (Å²) < 4.78 is 7.66. The highest BCUT2D eigenvalue weighted by molar-refractivity contribution is 7.15. The van der Waals surface area contributed by atoms with Crippen LogP contribution in [0.25, 0.3) is 5.78 Å². The molecule has 10 heteroatoms. The van der Waals surface area contributed by atoms with Crippen LogP contribution in [0.1, 0.15) is 23.6 Å². The van der Waals surface area contributed by atoms with Crippen LogP contribution in [-0.4, -0.2) is 55.1 Å². The number of amides is 1. The number of hydrogen-bond donors (Lipinski definition) is 1. The van der Waals surface area contributed by atoms with E-state index in [1.807, 2.05) is 12.3 Å². The van der Waals surface area contributed by atoms with Gasteiger partial charge in [0.25, 0.3) is 5.78 Å². The van der Waals surface area contributed by atoms with Crippen molar-refractivity contribution in [2.45, 2.75) is 19.6 Å². The first-order chi connectivity index (χ1) is 12.2. The van der Waals surface area contributed by atoms with E-state index in [1.54, 1.807) is 10.7 Å². The second kappa shape index (κ2) is 6.82. The van der Waals surface area contributed by atoms with Gasteiger partial charge in [-0.2, -0.15) is 14.6 Å². The molecule has 4 heterocycles. The van der Waals surface area contributed by atoms with E-state index in [1.165, 1.54) is 24.6 Å². The first-order valence-corrected chi connectivity index (χ1v) is 8.71. The Labute approximate surface area is 147 Å². The number of rotatable bonds is 4. The van der Waals surface area contributed by atoms with Gasteiger partial charge in [-0.15, -0.1) is 11.3 Å². The van der Waals surface area contributed by atoms with E-state index in [0.717, 1.165) is 30.2 Å². The van der Waals surface area contributed by atoms with Crippen molar-refractivity contribution in [2.75, 3.05) is 25.0 Å². The van der Waals surface area contributed by atoms with Crippen molar-refractivity contribution >= 4 is 28.2 Å². The standard InChI is InChI=1S/C15H17N7O2S/c1-10(23)20-15-17-6-11(25-15)7-21-4-5-24-13(8-21)12-2-3-16-14-18-9-19-22(12)14/h2-3,6,9,13H,4-5,7-8H2,1H3,(H,17,20,23). The van der Waals surface area contributed by atoms with E-state index in [9.17, 15) is 4.79 Å². The summed E-state index contributed by atoms with van der Waals surface area (Å²) in [6, 6.07) is 1.91. The Hall–Kier alpha value is -2.43. The van der Waals surface area contributed by atoms with Gasteiger partial charge in [0.2, 0.25) is 5.91 Å². The molecule has 0 aromatic carbocycles. The van der Waals surface area contributed by atoms with Crippen molar-refractivity contribution < 1.29 is 9.53 Å². The fraction of sp³-hybridized carbons (Fsp3) is 0.400. The highest BCUT2D eigenvalue weighted by Crippen LogP contribution is 2.25. The Balaban J connectivity index is 1.47. The molecule has 1 saturated heterocycles. The summed E-state index contributed by atoms with van der Waals surface area (Å²) in [6.45, 7) is 4.47. The lowest BCUT2D eigenvalue weighted by atomic mass is 10.2. The third kappa shape index (κ3) is 3.50. The first-order valence-electron chi connectivity index (χ1n) is 7.90. The van der Waals surface area contributed by atoms with Crippen LogP contribution in [0.3, 0.4) is 0 Å². The predicted molar refractivity (Wildman–Crippen MR) is 91.2 cm³/mol.